The molecule has 1 unspecified atom stereocenters. The number of amides is 2. The number of hydrogen-bond donors (Lipinski definition) is 1. The lowest BCUT2D eigenvalue weighted by atomic mass is 10.1. The molecular weight excluding hydrogens is 416 g/mol. The number of para-hydroxylation sites is 1. The lowest BCUT2D eigenvalue weighted by Gasteiger charge is -2.18. The molecule has 2 heterocycles. The van der Waals surface area contributed by atoms with Gasteiger partial charge in [0.2, 0.25) is 11.8 Å². The number of thiophene rings is 1. The van der Waals surface area contributed by atoms with Crippen LogP contribution in [-0.2, 0) is 15.3 Å². The van der Waals surface area contributed by atoms with E-state index in [1.807, 2.05) is 48.5 Å². The molecule has 2 aromatic carbocycles. The van der Waals surface area contributed by atoms with Crippen LogP contribution in [0.1, 0.15) is 12.0 Å². The van der Waals surface area contributed by atoms with E-state index >= 15 is 0 Å². The number of rotatable bonds is 7. The number of ether oxygens (including phenoxy) is 1. The Morgan fingerprint density at radius 2 is 2.10 bits per heavy atom. The predicted octanol–water partition coefficient (Wildman–Crippen LogP) is 5.04. The highest BCUT2D eigenvalue weighted by Gasteiger charge is 2.35. The third kappa shape index (κ3) is 4.68. The summed E-state index contributed by atoms with van der Waals surface area (Å²) in [6.45, 7) is 0.363. The number of thioether (sulfide) groups is 1. The number of carbonyl (C=O) groups is 2. The zero-order valence-electron chi connectivity index (χ0n) is 16.5. The third-order valence-corrected chi connectivity index (χ3v) is 6.86. The average Bonchev–Trinajstić information content (AvgIpc) is 3.43. The van der Waals surface area contributed by atoms with Crippen molar-refractivity contribution < 1.29 is 14.3 Å². The maximum absolute atomic E-state index is 12.9. The number of benzene rings is 2. The molecule has 1 aliphatic rings. The second kappa shape index (κ2) is 9.36. The van der Waals surface area contributed by atoms with E-state index in [9.17, 15) is 9.59 Å². The molecule has 0 radical (unpaired) electrons. The fourth-order valence-electron chi connectivity index (χ4n) is 3.38. The predicted molar refractivity (Wildman–Crippen MR) is 122 cm³/mol. The molecule has 1 N–H and O–H groups in total. The first-order valence-corrected chi connectivity index (χ1v) is 11.5. The van der Waals surface area contributed by atoms with Gasteiger partial charge in [0.25, 0.3) is 0 Å². The Morgan fingerprint density at radius 1 is 1.23 bits per heavy atom. The first kappa shape index (κ1) is 20.5. The summed E-state index contributed by atoms with van der Waals surface area (Å²) < 4.78 is 5.25. The first-order valence-electron chi connectivity index (χ1n) is 9.62. The topological polar surface area (TPSA) is 58.6 Å². The Balaban J connectivity index is 1.42. The lowest BCUT2D eigenvalue weighted by Crippen LogP contribution is -2.28. The van der Waals surface area contributed by atoms with Crippen molar-refractivity contribution in [2.45, 2.75) is 17.1 Å². The van der Waals surface area contributed by atoms with Crippen LogP contribution < -0.4 is 15.0 Å². The molecule has 0 spiro atoms. The zero-order valence-corrected chi connectivity index (χ0v) is 18.2. The van der Waals surface area contributed by atoms with Gasteiger partial charge in [0.1, 0.15) is 5.75 Å². The van der Waals surface area contributed by atoms with Crippen molar-refractivity contribution in [3.05, 3.63) is 70.9 Å². The Hall–Kier alpha value is -2.77. The van der Waals surface area contributed by atoms with Gasteiger partial charge < -0.3 is 15.0 Å². The Morgan fingerprint density at radius 3 is 2.90 bits per heavy atom. The van der Waals surface area contributed by atoms with Gasteiger partial charge in [0, 0.05) is 35.4 Å². The van der Waals surface area contributed by atoms with Gasteiger partial charge in [-0.15, -0.1) is 11.8 Å². The molecular formula is C23H22N2O3S2. The monoisotopic (exact) mass is 438 g/mol. The van der Waals surface area contributed by atoms with Gasteiger partial charge in [-0.2, -0.15) is 11.3 Å². The van der Waals surface area contributed by atoms with Crippen LogP contribution in [0.2, 0.25) is 0 Å². The summed E-state index contributed by atoms with van der Waals surface area (Å²) in [5.74, 6) is 0.964. The molecule has 7 heteroatoms. The van der Waals surface area contributed by atoms with E-state index in [1.165, 1.54) is 5.56 Å². The highest BCUT2D eigenvalue weighted by molar-refractivity contribution is 7.98. The van der Waals surface area contributed by atoms with E-state index in [4.69, 9.17) is 4.74 Å². The van der Waals surface area contributed by atoms with Crippen LogP contribution in [0.4, 0.5) is 11.4 Å². The number of nitrogens with zero attached hydrogens (tertiary/aromatic N) is 1. The normalized spacial score (nSPS) is 16.0. The van der Waals surface area contributed by atoms with Crippen molar-refractivity contribution in [2.75, 3.05) is 23.9 Å². The second-order valence-electron chi connectivity index (χ2n) is 7.01. The van der Waals surface area contributed by atoms with E-state index in [0.717, 1.165) is 22.0 Å². The molecule has 1 saturated heterocycles. The number of carbonyl (C=O) groups excluding carboxylic acids is 2. The van der Waals surface area contributed by atoms with Crippen molar-refractivity contribution in [3.8, 4) is 5.75 Å². The van der Waals surface area contributed by atoms with Gasteiger partial charge in [-0.1, -0.05) is 18.2 Å². The summed E-state index contributed by atoms with van der Waals surface area (Å²) in [5, 5.41) is 7.23. The number of methoxy groups -OCH3 is 1. The highest BCUT2D eigenvalue weighted by Crippen LogP contribution is 2.32. The molecule has 1 atom stereocenters. The van der Waals surface area contributed by atoms with E-state index < -0.39 is 5.92 Å². The SMILES string of the molecule is COc1cccc(N2CC(C(=O)Nc3ccccc3SCc3ccsc3)CC2=O)c1. The summed E-state index contributed by atoms with van der Waals surface area (Å²) in [7, 11) is 1.59. The van der Waals surface area contributed by atoms with Crippen molar-refractivity contribution in [1.29, 1.82) is 0 Å². The van der Waals surface area contributed by atoms with Gasteiger partial charge in [-0.25, -0.2) is 0 Å². The molecule has 3 aromatic rings. The number of nitrogens with one attached hydrogen (secondary N) is 1. The van der Waals surface area contributed by atoms with Crippen LogP contribution in [0, 0.1) is 5.92 Å². The van der Waals surface area contributed by atoms with Crippen LogP contribution in [0.5, 0.6) is 5.75 Å². The Kier molecular flexibility index (Phi) is 6.40. The molecule has 0 saturated carbocycles. The minimum atomic E-state index is -0.390. The van der Waals surface area contributed by atoms with Gasteiger partial charge >= 0.3 is 0 Å². The van der Waals surface area contributed by atoms with Crippen molar-refractivity contribution in [3.63, 3.8) is 0 Å². The molecule has 1 aromatic heterocycles. The van der Waals surface area contributed by atoms with E-state index in [1.54, 1.807) is 35.1 Å². The van der Waals surface area contributed by atoms with Crippen LogP contribution in [-0.4, -0.2) is 25.5 Å². The van der Waals surface area contributed by atoms with Crippen LogP contribution in [0.3, 0.4) is 0 Å². The number of hydrogen-bond acceptors (Lipinski definition) is 5. The fraction of sp³-hybridized carbons (Fsp3) is 0.217. The zero-order chi connectivity index (χ0) is 20.9. The van der Waals surface area contributed by atoms with E-state index in [-0.39, 0.29) is 18.2 Å². The Labute approximate surface area is 184 Å². The average molecular weight is 439 g/mol. The molecule has 1 fully saturated rings. The smallest absolute Gasteiger partial charge is 0.229 e. The maximum Gasteiger partial charge on any atom is 0.229 e. The molecule has 154 valence electrons. The third-order valence-electron chi connectivity index (χ3n) is 4.98. The molecule has 2 amide bonds. The van der Waals surface area contributed by atoms with Gasteiger partial charge in [0.05, 0.1) is 18.7 Å². The van der Waals surface area contributed by atoms with Gasteiger partial charge in [-0.05, 0) is 46.7 Å². The van der Waals surface area contributed by atoms with Gasteiger partial charge in [0.15, 0.2) is 0 Å². The fourth-order valence-corrected chi connectivity index (χ4v) is 5.10. The minimum Gasteiger partial charge on any atom is -0.497 e. The lowest BCUT2D eigenvalue weighted by molar-refractivity contribution is -0.122. The molecule has 0 bridgehead atoms. The molecule has 1 aliphatic heterocycles. The Bertz CT molecular complexity index is 1040. The molecule has 5 nitrogen and oxygen atoms in total. The summed E-state index contributed by atoms with van der Waals surface area (Å²) >= 11 is 3.37. The molecule has 30 heavy (non-hydrogen) atoms. The second-order valence-corrected chi connectivity index (χ2v) is 8.81. The molecule has 0 aliphatic carbocycles. The number of anilines is 2. The highest BCUT2D eigenvalue weighted by atomic mass is 32.2. The summed E-state index contributed by atoms with van der Waals surface area (Å²) in [4.78, 5) is 28.1. The summed E-state index contributed by atoms with van der Waals surface area (Å²) in [6.07, 6.45) is 0.202. The van der Waals surface area contributed by atoms with E-state index in [0.29, 0.717) is 12.3 Å². The van der Waals surface area contributed by atoms with Crippen LogP contribution in [0.15, 0.2) is 70.3 Å². The standard InChI is InChI=1S/C23H22N2O3S2/c1-28-19-6-4-5-18(12-19)25-13-17(11-22(25)26)23(27)24-20-7-2-3-8-21(20)30-15-16-9-10-29-14-16/h2-10,12,14,17H,11,13,15H2,1H3,(H,24,27). The van der Waals surface area contributed by atoms with Crippen LogP contribution >= 0.6 is 23.1 Å². The summed E-state index contributed by atoms with van der Waals surface area (Å²) in [5.41, 5.74) is 2.80. The van der Waals surface area contributed by atoms with Gasteiger partial charge in [-0.3, -0.25) is 9.59 Å². The van der Waals surface area contributed by atoms with Crippen molar-refractivity contribution in [2.24, 2.45) is 5.92 Å². The van der Waals surface area contributed by atoms with E-state index in [2.05, 4.69) is 22.1 Å². The largest absolute Gasteiger partial charge is 0.497 e. The van der Waals surface area contributed by atoms with Crippen LogP contribution in [0.25, 0.3) is 0 Å². The van der Waals surface area contributed by atoms with Crippen molar-refractivity contribution >= 4 is 46.3 Å². The van der Waals surface area contributed by atoms with Crippen molar-refractivity contribution in [1.82, 2.24) is 0 Å². The molecule has 4 rings (SSSR count). The first-order chi connectivity index (χ1) is 14.6. The maximum atomic E-state index is 12.9. The minimum absolute atomic E-state index is 0.0523. The quantitative estimate of drug-likeness (QED) is 0.525. The summed E-state index contributed by atoms with van der Waals surface area (Å²) in [6, 6.07) is 17.2.